The Bertz CT molecular complexity index is 488. The first-order chi connectivity index (χ1) is 7.58. The zero-order valence-electron chi connectivity index (χ0n) is 9.11. The lowest BCUT2D eigenvalue weighted by atomic mass is 10.1. The van der Waals surface area contributed by atoms with E-state index in [-0.39, 0.29) is 0 Å². The molecular weight excluding hydrogens is 271 g/mol. The van der Waals surface area contributed by atoms with Gasteiger partial charge in [-0.05, 0) is 25.1 Å². The molecule has 0 aliphatic rings. The molecule has 16 heavy (non-hydrogen) atoms. The number of alkyl halides is 1. The number of hydrogen-bond donors (Lipinski definition) is 0. The summed E-state index contributed by atoms with van der Waals surface area (Å²) in [5.74, 6) is 0. The molecule has 2 aromatic rings. The zero-order valence-corrected chi connectivity index (χ0v) is 10.7. The molecular formula is C12H12BrFN2. The molecule has 0 N–H and O–H groups in total. The van der Waals surface area contributed by atoms with Crippen molar-refractivity contribution in [2.45, 2.75) is 13.1 Å². The topological polar surface area (TPSA) is 17.8 Å². The molecule has 0 fully saturated rings. The molecule has 1 heterocycles. The van der Waals surface area contributed by atoms with Gasteiger partial charge >= 0.3 is 0 Å². The van der Waals surface area contributed by atoms with E-state index in [2.05, 4.69) is 21.0 Å². The standard InChI is InChI=1S/C12H12BrFN2/c1-8(14)12-7-11(15-16(12)2)9-3-5-10(13)6-4-9/h3-8H,1-2H3. The predicted octanol–water partition coefficient (Wildman–Crippen LogP) is 3.88. The molecule has 1 aromatic heterocycles. The van der Waals surface area contributed by atoms with E-state index in [9.17, 15) is 4.39 Å². The van der Waals surface area contributed by atoms with Crippen LogP contribution in [0, 0.1) is 0 Å². The van der Waals surface area contributed by atoms with Crippen molar-refractivity contribution in [1.82, 2.24) is 9.78 Å². The maximum atomic E-state index is 13.2. The third-order valence-electron chi connectivity index (χ3n) is 2.46. The van der Waals surface area contributed by atoms with Crippen molar-refractivity contribution in [2.75, 3.05) is 0 Å². The van der Waals surface area contributed by atoms with Gasteiger partial charge in [-0.25, -0.2) is 4.39 Å². The van der Waals surface area contributed by atoms with Gasteiger partial charge in [-0.3, -0.25) is 4.68 Å². The van der Waals surface area contributed by atoms with E-state index in [1.165, 1.54) is 6.92 Å². The van der Waals surface area contributed by atoms with Gasteiger partial charge in [0.15, 0.2) is 0 Å². The van der Waals surface area contributed by atoms with Crippen LogP contribution in [0.15, 0.2) is 34.8 Å². The summed E-state index contributed by atoms with van der Waals surface area (Å²) in [6.07, 6.45) is -0.998. The molecule has 0 aliphatic heterocycles. The van der Waals surface area contributed by atoms with Crippen LogP contribution < -0.4 is 0 Å². The van der Waals surface area contributed by atoms with E-state index in [1.54, 1.807) is 17.8 Å². The van der Waals surface area contributed by atoms with Gasteiger partial charge in [0.1, 0.15) is 6.17 Å². The number of aryl methyl sites for hydroxylation is 1. The van der Waals surface area contributed by atoms with Crippen LogP contribution in [0.3, 0.4) is 0 Å². The molecule has 2 nitrogen and oxygen atoms in total. The van der Waals surface area contributed by atoms with Crippen LogP contribution in [0.4, 0.5) is 4.39 Å². The van der Waals surface area contributed by atoms with Crippen LogP contribution in [0.2, 0.25) is 0 Å². The second-order valence-corrected chi connectivity index (χ2v) is 4.62. The monoisotopic (exact) mass is 282 g/mol. The predicted molar refractivity (Wildman–Crippen MR) is 65.9 cm³/mol. The maximum absolute atomic E-state index is 13.2. The van der Waals surface area contributed by atoms with E-state index < -0.39 is 6.17 Å². The zero-order chi connectivity index (χ0) is 11.7. The van der Waals surface area contributed by atoms with Crippen molar-refractivity contribution in [3.63, 3.8) is 0 Å². The van der Waals surface area contributed by atoms with E-state index in [1.807, 2.05) is 24.3 Å². The summed E-state index contributed by atoms with van der Waals surface area (Å²) >= 11 is 3.38. The van der Waals surface area contributed by atoms with Crippen molar-refractivity contribution < 1.29 is 4.39 Å². The lowest BCUT2D eigenvalue weighted by Gasteiger charge is -1.99. The minimum Gasteiger partial charge on any atom is -0.269 e. The number of halogens is 2. The molecule has 0 radical (unpaired) electrons. The Hall–Kier alpha value is -1.16. The summed E-state index contributed by atoms with van der Waals surface area (Å²) in [5.41, 5.74) is 2.39. The normalized spacial score (nSPS) is 12.8. The summed E-state index contributed by atoms with van der Waals surface area (Å²) in [5, 5.41) is 4.29. The Labute approximate surface area is 102 Å². The minimum absolute atomic E-state index is 0.595. The third-order valence-corrected chi connectivity index (χ3v) is 2.99. The molecule has 0 saturated heterocycles. The van der Waals surface area contributed by atoms with E-state index >= 15 is 0 Å². The molecule has 0 bridgehead atoms. The molecule has 0 saturated carbocycles. The highest BCUT2D eigenvalue weighted by atomic mass is 79.9. The van der Waals surface area contributed by atoms with Gasteiger partial charge in [-0.2, -0.15) is 5.10 Å². The van der Waals surface area contributed by atoms with Crippen LogP contribution in [0.25, 0.3) is 11.3 Å². The van der Waals surface area contributed by atoms with Gasteiger partial charge in [-0.15, -0.1) is 0 Å². The van der Waals surface area contributed by atoms with Gasteiger partial charge in [-0.1, -0.05) is 28.1 Å². The van der Waals surface area contributed by atoms with E-state index in [0.717, 1.165) is 15.7 Å². The van der Waals surface area contributed by atoms with E-state index in [4.69, 9.17) is 0 Å². The minimum atomic E-state index is -0.998. The Morgan fingerprint density at radius 2 is 1.94 bits per heavy atom. The van der Waals surface area contributed by atoms with Gasteiger partial charge < -0.3 is 0 Å². The van der Waals surface area contributed by atoms with Crippen molar-refractivity contribution in [1.29, 1.82) is 0 Å². The third kappa shape index (κ3) is 2.16. The smallest absolute Gasteiger partial charge is 0.139 e. The molecule has 84 valence electrons. The number of benzene rings is 1. The quantitative estimate of drug-likeness (QED) is 0.817. The molecule has 1 unspecified atom stereocenters. The number of nitrogens with zero attached hydrogens (tertiary/aromatic N) is 2. The van der Waals surface area contributed by atoms with Crippen LogP contribution in [0.1, 0.15) is 18.8 Å². The van der Waals surface area contributed by atoms with Crippen LogP contribution in [0.5, 0.6) is 0 Å². The average molecular weight is 283 g/mol. The molecule has 0 aliphatic carbocycles. The SMILES string of the molecule is CC(F)c1cc(-c2ccc(Br)cc2)nn1C. The Morgan fingerprint density at radius 3 is 2.44 bits per heavy atom. The number of rotatable bonds is 2. The fraction of sp³-hybridized carbons (Fsp3) is 0.250. The molecule has 0 spiro atoms. The first-order valence-corrected chi connectivity index (χ1v) is 5.81. The summed E-state index contributed by atoms with van der Waals surface area (Å²) in [4.78, 5) is 0. The molecule has 1 aromatic carbocycles. The maximum Gasteiger partial charge on any atom is 0.139 e. The second-order valence-electron chi connectivity index (χ2n) is 3.70. The average Bonchev–Trinajstić information content (AvgIpc) is 2.61. The molecule has 1 atom stereocenters. The first-order valence-electron chi connectivity index (χ1n) is 5.02. The van der Waals surface area contributed by atoms with Crippen molar-refractivity contribution >= 4 is 15.9 Å². The molecule has 4 heteroatoms. The summed E-state index contributed by atoms with van der Waals surface area (Å²) in [6, 6.07) is 9.59. The highest BCUT2D eigenvalue weighted by molar-refractivity contribution is 9.10. The highest BCUT2D eigenvalue weighted by Gasteiger charge is 2.11. The summed E-state index contributed by atoms with van der Waals surface area (Å²) in [6.45, 7) is 1.52. The number of aromatic nitrogens is 2. The second kappa shape index (κ2) is 4.37. The van der Waals surface area contributed by atoms with Crippen molar-refractivity contribution in [3.8, 4) is 11.3 Å². The van der Waals surface area contributed by atoms with Gasteiger partial charge in [0.05, 0.1) is 11.4 Å². The van der Waals surface area contributed by atoms with Crippen LogP contribution >= 0.6 is 15.9 Å². The Balaban J connectivity index is 2.41. The Morgan fingerprint density at radius 1 is 1.31 bits per heavy atom. The van der Waals surface area contributed by atoms with Crippen LogP contribution in [-0.2, 0) is 7.05 Å². The molecule has 2 rings (SSSR count). The fourth-order valence-electron chi connectivity index (χ4n) is 1.62. The lowest BCUT2D eigenvalue weighted by Crippen LogP contribution is -1.98. The van der Waals surface area contributed by atoms with Crippen molar-refractivity contribution in [3.05, 3.63) is 40.5 Å². The summed E-state index contributed by atoms with van der Waals surface area (Å²) < 4.78 is 15.8. The largest absolute Gasteiger partial charge is 0.269 e. The highest BCUT2D eigenvalue weighted by Crippen LogP contribution is 2.24. The first kappa shape index (κ1) is 11.3. The van der Waals surface area contributed by atoms with Crippen LogP contribution in [-0.4, -0.2) is 9.78 Å². The summed E-state index contributed by atoms with van der Waals surface area (Å²) in [7, 11) is 1.76. The van der Waals surface area contributed by atoms with E-state index in [0.29, 0.717) is 5.69 Å². The molecule has 0 amide bonds. The lowest BCUT2D eigenvalue weighted by molar-refractivity contribution is 0.353. The van der Waals surface area contributed by atoms with Crippen molar-refractivity contribution in [2.24, 2.45) is 7.05 Å². The fourth-order valence-corrected chi connectivity index (χ4v) is 1.88. The van der Waals surface area contributed by atoms with Gasteiger partial charge in [0.2, 0.25) is 0 Å². The number of hydrogen-bond acceptors (Lipinski definition) is 1. The Kier molecular flexibility index (Phi) is 3.10. The van der Waals surface area contributed by atoms with Gasteiger partial charge in [0.25, 0.3) is 0 Å². The van der Waals surface area contributed by atoms with Gasteiger partial charge in [0, 0.05) is 17.1 Å².